The number of benzene rings is 1. The van der Waals surface area contributed by atoms with Crippen LogP contribution in [0.2, 0.25) is 0 Å². The first-order chi connectivity index (χ1) is 10.2. The number of nitrogens with zero attached hydrogens (tertiary/aromatic N) is 1. The van der Waals surface area contributed by atoms with E-state index in [9.17, 15) is 0 Å². The van der Waals surface area contributed by atoms with Gasteiger partial charge < -0.3 is 15.0 Å². The van der Waals surface area contributed by atoms with Crippen LogP contribution in [0.1, 0.15) is 38.7 Å². The van der Waals surface area contributed by atoms with Crippen LogP contribution in [0, 0.1) is 0 Å². The Hall–Kier alpha value is -1.06. The molecule has 3 nitrogen and oxygen atoms in total. The Balaban J connectivity index is 1.66. The molecule has 2 unspecified atom stereocenters. The maximum Gasteiger partial charge on any atom is 0.118 e. The van der Waals surface area contributed by atoms with E-state index in [-0.39, 0.29) is 0 Å². The molecule has 0 radical (unpaired) electrons. The summed E-state index contributed by atoms with van der Waals surface area (Å²) in [5.41, 5.74) is 1.39. The number of aryl methyl sites for hydroxylation is 1. The average Bonchev–Trinajstić information content (AvgIpc) is 2.98. The highest BCUT2D eigenvalue weighted by Gasteiger charge is 2.15. The molecule has 2 rings (SSSR count). The van der Waals surface area contributed by atoms with E-state index in [1.807, 2.05) is 12.1 Å². The lowest BCUT2D eigenvalue weighted by molar-refractivity contribution is 0.286. The zero-order valence-corrected chi connectivity index (χ0v) is 13.8. The third-order valence-corrected chi connectivity index (χ3v) is 4.32. The van der Waals surface area contributed by atoms with Gasteiger partial charge in [-0.05, 0) is 70.3 Å². The molecular weight excluding hydrogens is 260 g/mol. The topological polar surface area (TPSA) is 24.5 Å². The van der Waals surface area contributed by atoms with Crippen molar-refractivity contribution < 1.29 is 4.74 Å². The van der Waals surface area contributed by atoms with Crippen LogP contribution in [0.5, 0.6) is 5.75 Å². The highest BCUT2D eigenvalue weighted by atomic mass is 16.5. The summed E-state index contributed by atoms with van der Waals surface area (Å²) in [5.74, 6) is 0.934. The van der Waals surface area contributed by atoms with Gasteiger partial charge in [0, 0.05) is 18.6 Å². The number of nitrogens with one attached hydrogen (secondary N) is 1. The molecule has 1 aliphatic heterocycles. The van der Waals surface area contributed by atoms with Crippen molar-refractivity contribution in [1.82, 2.24) is 10.2 Å². The molecule has 0 bridgehead atoms. The molecule has 1 N–H and O–H groups in total. The Morgan fingerprint density at radius 2 is 1.76 bits per heavy atom. The Labute approximate surface area is 129 Å². The van der Waals surface area contributed by atoms with Crippen molar-refractivity contribution in [2.75, 3.05) is 26.7 Å². The maximum atomic E-state index is 5.19. The predicted octanol–water partition coefficient (Wildman–Crippen LogP) is 3.09. The Morgan fingerprint density at radius 1 is 1.10 bits per heavy atom. The Kier molecular flexibility index (Phi) is 6.52. The van der Waals surface area contributed by atoms with Gasteiger partial charge >= 0.3 is 0 Å². The van der Waals surface area contributed by atoms with Crippen LogP contribution >= 0.6 is 0 Å². The van der Waals surface area contributed by atoms with Gasteiger partial charge in [0.15, 0.2) is 0 Å². The van der Waals surface area contributed by atoms with E-state index in [0.29, 0.717) is 12.1 Å². The number of hydrogen-bond acceptors (Lipinski definition) is 3. The molecule has 1 fully saturated rings. The van der Waals surface area contributed by atoms with Crippen LogP contribution in [-0.2, 0) is 6.42 Å². The molecule has 1 saturated heterocycles. The molecule has 1 aliphatic rings. The second-order valence-electron chi connectivity index (χ2n) is 6.36. The summed E-state index contributed by atoms with van der Waals surface area (Å²) in [4.78, 5) is 2.58. The van der Waals surface area contributed by atoms with Gasteiger partial charge in [-0.3, -0.25) is 0 Å². The van der Waals surface area contributed by atoms with Crippen LogP contribution in [0.25, 0.3) is 0 Å². The summed E-state index contributed by atoms with van der Waals surface area (Å²) in [6, 6.07) is 9.56. The molecule has 2 atom stereocenters. The molecule has 0 aromatic heterocycles. The second-order valence-corrected chi connectivity index (χ2v) is 6.36. The highest BCUT2D eigenvalue weighted by molar-refractivity contribution is 5.27. The van der Waals surface area contributed by atoms with Crippen molar-refractivity contribution in [3.63, 3.8) is 0 Å². The van der Waals surface area contributed by atoms with Crippen molar-refractivity contribution in [3.8, 4) is 5.75 Å². The molecule has 21 heavy (non-hydrogen) atoms. The lowest BCUT2D eigenvalue weighted by Crippen LogP contribution is -2.42. The van der Waals surface area contributed by atoms with Crippen molar-refractivity contribution in [1.29, 1.82) is 0 Å². The van der Waals surface area contributed by atoms with E-state index in [1.54, 1.807) is 7.11 Å². The van der Waals surface area contributed by atoms with E-state index in [2.05, 4.69) is 36.2 Å². The molecule has 1 aromatic carbocycles. The van der Waals surface area contributed by atoms with Gasteiger partial charge in [0.05, 0.1) is 7.11 Å². The van der Waals surface area contributed by atoms with Gasteiger partial charge in [-0.1, -0.05) is 12.1 Å². The van der Waals surface area contributed by atoms with Crippen LogP contribution in [-0.4, -0.2) is 43.7 Å². The predicted molar refractivity (Wildman–Crippen MR) is 89.0 cm³/mol. The monoisotopic (exact) mass is 290 g/mol. The Morgan fingerprint density at radius 3 is 2.38 bits per heavy atom. The summed E-state index contributed by atoms with van der Waals surface area (Å²) >= 11 is 0. The minimum Gasteiger partial charge on any atom is -0.497 e. The van der Waals surface area contributed by atoms with Gasteiger partial charge in [0.25, 0.3) is 0 Å². The number of hydrogen-bond donors (Lipinski definition) is 1. The Bertz CT molecular complexity index is 398. The lowest BCUT2D eigenvalue weighted by Gasteiger charge is -2.24. The highest BCUT2D eigenvalue weighted by Crippen LogP contribution is 2.13. The smallest absolute Gasteiger partial charge is 0.118 e. The quantitative estimate of drug-likeness (QED) is 0.796. The van der Waals surface area contributed by atoms with E-state index < -0.39 is 0 Å². The first-order valence-electron chi connectivity index (χ1n) is 8.28. The summed E-state index contributed by atoms with van der Waals surface area (Å²) in [7, 11) is 1.71. The number of rotatable bonds is 8. The number of ether oxygens (including phenoxy) is 1. The van der Waals surface area contributed by atoms with Gasteiger partial charge in [-0.25, -0.2) is 0 Å². The molecule has 0 saturated carbocycles. The van der Waals surface area contributed by atoms with Crippen molar-refractivity contribution in [2.24, 2.45) is 0 Å². The zero-order valence-electron chi connectivity index (χ0n) is 13.8. The third-order valence-electron chi connectivity index (χ3n) is 4.32. The van der Waals surface area contributed by atoms with Gasteiger partial charge in [0.2, 0.25) is 0 Å². The average molecular weight is 290 g/mol. The van der Waals surface area contributed by atoms with Crippen molar-refractivity contribution in [2.45, 2.75) is 51.6 Å². The third kappa shape index (κ3) is 5.68. The van der Waals surface area contributed by atoms with Crippen LogP contribution in [0.3, 0.4) is 0 Å². The number of methoxy groups -OCH3 is 1. The first-order valence-corrected chi connectivity index (χ1v) is 8.28. The molecule has 0 amide bonds. The van der Waals surface area contributed by atoms with Crippen molar-refractivity contribution >= 4 is 0 Å². The minimum atomic E-state index is 0.560. The SMILES string of the molecule is COc1ccc(CCC(C)NC(C)CN2CCCC2)cc1. The van der Waals surface area contributed by atoms with E-state index in [0.717, 1.165) is 12.2 Å². The number of likely N-dealkylation sites (tertiary alicyclic amines) is 1. The minimum absolute atomic E-state index is 0.560. The summed E-state index contributed by atoms with van der Waals surface area (Å²) in [5, 5.41) is 3.73. The fourth-order valence-electron chi connectivity index (χ4n) is 3.15. The molecule has 0 aliphatic carbocycles. The summed E-state index contributed by atoms with van der Waals surface area (Å²) in [6.07, 6.45) is 5.05. The molecule has 1 aromatic rings. The van der Waals surface area contributed by atoms with Crippen LogP contribution in [0.15, 0.2) is 24.3 Å². The lowest BCUT2D eigenvalue weighted by atomic mass is 10.1. The van der Waals surface area contributed by atoms with Gasteiger partial charge in [0.1, 0.15) is 5.75 Å². The maximum absolute atomic E-state index is 5.19. The second kappa shape index (κ2) is 8.40. The molecule has 1 heterocycles. The molecule has 118 valence electrons. The van der Waals surface area contributed by atoms with Crippen molar-refractivity contribution in [3.05, 3.63) is 29.8 Å². The van der Waals surface area contributed by atoms with E-state index >= 15 is 0 Å². The molecular formula is C18H30N2O. The van der Waals surface area contributed by atoms with E-state index in [1.165, 1.54) is 44.5 Å². The molecule has 3 heteroatoms. The van der Waals surface area contributed by atoms with Gasteiger partial charge in [-0.15, -0.1) is 0 Å². The largest absolute Gasteiger partial charge is 0.497 e. The standard InChI is InChI=1S/C18H30N2O/c1-15(19-16(2)14-20-12-4-5-13-20)6-7-17-8-10-18(21-3)11-9-17/h8-11,15-16,19H,4-7,12-14H2,1-3H3. The molecule has 0 spiro atoms. The van der Waals surface area contributed by atoms with E-state index in [4.69, 9.17) is 4.74 Å². The summed E-state index contributed by atoms with van der Waals surface area (Å²) < 4.78 is 5.19. The fourth-order valence-corrected chi connectivity index (χ4v) is 3.15. The zero-order chi connectivity index (χ0) is 15.1. The van der Waals surface area contributed by atoms with Crippen LogP contribution < -0.4 is 10.1 Å². The van der Waals surface area contributed by atoms with Crippen LogP contribution in [0.4, 0.5) is 0 Å². The normalized spacial score (nSPS) is 18.6. The fraction of sp³-hybridized carbons (Fsp3) is 0.667. The first kappa shape index (κ1) is 16.3. The summed E-state index contributed by atoms with van der Waals surface area (Å²) in [6.45, 7) is 8.36. The van der Waals surface area contributed by atoms with Gasteiger partial charge in [-0.2, -0.15) is 0 Å².